The molecule has 0 spiro atoms. The molecule has 0 saturated carbocycles. The molecule has 1 N–H and O–H groups in total. The van der Waals surface area contributed by atoms with Crippen molar-refractivity contribution >= 4 is 11.6 Å². The maximum absolute atomic E-state index is 6.07. The minimum absolute atomic E-state index is 0.770. The fourth-order valence-corrected chi connectivity index (χ4v) is 2.93. The zero-order valence-electron chi connectivity index (χ0n) is 11.8. The van der Waals surface area contributed by atoms with Crippen LogP contribution >= 0.6 is 11.6 Å². The highest BCUT2D eigenvalue weighted by Gasteiger charge is 2.16. The maximum atomic E-state index is 6.07. The first-order chi connectivity index (χ1) is 9.19. The third kappa shape index (κ3) is 4.37. The summed E-state index contributed by atoms with van der Waals surface area (Å²) in [6.07, 6.45) is 2.55. The van der Waals surface area contributed by atoms with Gasteiger partial charge in [0.05, 0.1) is 7.11 Å². The van der Waals surface area contributed by atoms with Gasteiger partial charge in [0.15, 0.2) is 0 Å². The van der Waals surface area contributed by atoms with Crippen molar-refractivity contribution in [1.82, 2.24) is 10.2 Å². The van der Waals surface area contributed by atoms with E-state index in [2.05, 4.69) is 17.3 Å². The Morgan fingerprint density at radius 3 is 2.79 bits per heavy atom. The summed E-state index contributed by atoms with van der Waals surface area (Å²) >= 11 is 6.07. The average molecular weight is 283 g/mol. The van der Waals surface area contributed by atoms with E-state index in [1.54, 1.807) is 7.11 Å². The van der Waals surface area contributed by atoms with Crippen LogP contribution in [0.25, 0.3) is 0 Å². The van der Waals surface area contributed by atoms with Crippen LogP contribution in [0.1, 0.15) is 18.4 Å². The van der Waals surface area contributed by atoms with Gasteiger partial charge in [-0.05, 0) is 57.1 Å². The van der Waals surface area contributed by atoms with E-state index in [1.807, 2.05) is 18.2 Å². The molecule has 4 heteroatoms. The van der Waals surface area contributed by atoms with Gasteiger partial charge in [0.2, 0.25) is 0 Å². The van der Waals surface area contributed by atoms with Crippen LogP contribution in [0.5, 0.6) is 5.75 Å². The average Bonchev–Trinajstić information content (AvgIpc) is 2.40. The molecular weight excluding hydrogens is 260 g/mol. The number of nitrogens with one attached hydrogen (secondary N) is 1. The lowest BCUT2D eigenvalue weighted by Crippen LogP contribution is -2.34. The van der Waals surface area contributed by atoms with E-state index in [4.69, 9.17) is 16.3 Å². The Bertz CT molecular complexity index is 405. The Hall–Kier alpha value is -0.770. The first-order valence-corrected chi connectivity index (χ1v) is 7.28. The molecule has 1 aromatic carbocycles. The van der Waals surface area contributed by atoms with Crippen molar-refractivity contribution < 1.29 is 4.74 Å². The van der Waals surface area contributed by atoms with Crippen molar-refractivity contribution in [2.24, 2.45) is 5.92 Å². The van der Waals surface area contributed by atoms with Crippen molar-refractivity contribution in [3.8, 4) is 5.75 Å². The minimum atomic E-state index is 0.770. The number of piperidine rings is 1. The minimum Gasteiger partial charge on any atom is -0.496 e. The van der Waals surface area contributed by atoms with Gasteiger partial charge < -0.3 is 15.0 Å². The fourth-order valence-electron chi connectivity index (χ4n) is 2.73. The van der Waals surface area contributed by atoms with Crippen LogP contribution in [0.3, 0.4) is 0 Å². The molecule has 0 aliphatic carbocycles. The fraction of sp³-hybridized carbons (Fsp3) is 0.600. The Balaban J connectivity index is 1.93. The summed E-state index contributed by atoms with van der Waals surface area (Å²) in [5, 5.41) is 4.18. The predicted octanol–water partition coefficient (Wildman–Crippen LogP) is 2.78. The Labute approximate surface area is 120 Å². The molecule has 1 aliphatic rings. The number of nitrogens with zero attached hydrogens (tertiary/aromatic N) is 1. The van der Waals surface area contributed by atoms with Gasteiger partial charge in [-0.2, -0.15) is 0 Å². The SMILES string of the molecule is COc1ccc(Cl)cc1CN(C)CC1CCNCC1. The summed E-state index contributed by atoms with van der Waals surface area (Å²) < 4.78 is 5.40. The van der Waals surface area contributed by atoms with Gasteiger partial charge in [0, 0.05) is 23.7 Å². The van der Waals surface area contributed by atoms with Crippen LogP contribution in [0, 0.1) is 5.92 Å². The summed E-state index contributed by atoms with van der Waals surface area (Å²) in [5.41, 5.74) is 1.16. The first kappa shape index (κ1) is 14.6. The molecule has 1 saturated heterocycles. The van der Waals surface area contributed by atoms with Crippen molar-refractivity contribution in [3.05, 3.63) is 28.8 Å². The molecular formula is C15H23ClN2O. The Morgan fingerprint density at radius 2 is 2.11 bits per heavy atom. The van der Waals surface area contributed by atoms with Gasteiger partial charge in [0.1, 0.15) is 5.75 Å². The molecule has 106 valence electrons. The van der Waals surface area contributed by atoms with E-state index in [0.717, 1.165) is 48.4 Å². The van der Waals surface area contributed by atoms with Crippen LogP contribution < -0.4 is 10.1 Å². The second kappa shape index (κ2) is 7.13. The maximum Gasteiger partial charge on any atom is 0.123 e. The molecule has 1 aromatic rings. The van der Waals surface area contributed by atoms with Crippen LogP contribution in [0.4, 0.5) is 0 Å². The van der Waals surface area contributed by atoms with Crippen molar-refractivity contribution in [3.63, 3.8) is 0 Å². The second-order valence-electron chi connectivity index (χ2n) is 5.35. The molecule has 1 fully saturated rings. The van der Waals surface area contributed by atoms with E-state index in [-0.39, 0.29) is 0 Å². The van der Waals surface area contributed by atoms with Crippen molar-refractivity contribution in [2.45, 2.75) is 19.4 Å². The topological polar surface area (TPSA) is 24.5 Å². The highest BCUT2D eigenvalue weighted by atomic mass is 35.5. The number of hydrogen-bond donors (Lipinski definition) is 1. The normalized spacial score (nSPS) is 16.8. The van der Waals surface area contributed by atoms with Crippen molar-refractivity contribution in [1.29, 1.82) is 0 Å². The van der Waals surface area contributed by atoms with E-state index < -0.39 is 0 Å². The standard InChI is InChI=1S/C15H23ClN2O/c1-18(10-12-5-7-17-8-6-12)11-13-9-14(16)3-4-15(13)19-2/h3-4,9,12,17H,5-8,10-11H2,1-2H3. The van der Waals surface area contributed by atoms with Gasteiger partial charge in [-0.3, -0.25) is 0 Å². The monoisotopic (exact) mass is 282 g/mol. The first-order valence-electron chi connectivity index (χ1n) is 6.90. The zero-order valence-corrected chi connectivity index (χ0v) is 12.5. The molecule has 0 amide bonds. The van der Waals surface area contributed by atoms with Gasteiger partial charge in [-0.1, -0.05) is 11.6 Å². The van der Waals surface area contributed by atoms with Gasteiger partial charge >= 0.3 is 0 Å². The highest BCUT2D eigenvalue weighted by molar-refractivity contribution is 6.30. The smallest absolute Gasteiger partial charge is 0.123 e. The molecule has 0 bridgehead atoms. The highest BCUT2D eigenvalue weighted by Crippen LogP contribution is 2.24. The van der Waals surface area contributed by atoms with Crippen molar-refractivity contribution in [2.75, 3.05) is 33.8 Å². The van der Waals surface area contributed by atoms with Crippen LogP contribution in [-0.4, -0.2) is 38.7 Å². The Morgan fingerprint density at radius 1 is 1.37 bits per heavy atom. The third-order valence-corrected chi connectivity index (χ3v) is 3.95. The molecule has 0 radical (unpaired) electrons. The van der Waals surface area contributed by atoms with Gasteiger partial charge in [-0.15, -0.1) is 0 Å². The lowest BCUT2D eigenvalue weighted by atomic mass is 9.97. The summed E-state index contributed by atoms with van der Waals surface area (Å²) in [5.74, 6) is 1.72. The third-order valence-electron chi connectivity index (χ3n) is 3.71. The summed E-state index contributed by atoms with van der Waals surface area (Å²) in [4.78, 5) is 2.37. The predicted molar refractivity (Wildman–Crippen MR) is 79.9 cm³/mol. The Kier molecular flexibility index (Phi) is 5.49. The lowest BCUT2D eigenvalue weighted by Gasteiger charge is -2.27. The lowest BCUT2D eigenvalue weighted by molar-refractivity contribution is 0.232. The molecule has 0 unspecified atom stereocenters. The second-order valence-corrected chi connectivity index (χ2v) is 5.78. The van der Waals surface area contributed by atoms with Gasteiger partial charge in [-0.25, -0.2) is 0 Å². The molecule has 0 aromatic heterocycles. The number of halogens is 1. The summed E-state index contributed by atoms with van der Waals surface area (Å²) in [6, 6.07) is 5.81. The zero-order chi connectivity index (χ0) is 13.7. The van der Waals surface area contributed by atoms with Gasteiger partial charge in [0.25, 0.3) is 0 Å². The summed E-state index contributed by atoms with van der Waals surface area (Å²) in [6.45, 7) is 4.32. The van der Waals surface area contributed by atoms with Crippen LogP contribution in [0.15, 0.2) is 18.2 Å². The van der Waals surface area contributed by atoms with E-state index in [1.165, 1.54) is 12.8 Å². The molecule has 3 nitrogen and oxygen atoms in total. The van der Waals surface area contributed by atoms with Crippen LogP contribution in [0.2, 0.25) is 5.02 Å². The number of hydrogen-bond acceptors (Lipinski definition) is 3. The number of ether oxygens (including phenoxy) is 1. The number of rotatable bonds is 5. The van der Waals surface area contributed by atoms with E-state index >= 15 is 0 Å². The summed E-state index contributed by atoms with van der Waals surface area (Å²) in [7, 11) is 3.88. The number of methoxy groups -OCH3 is 1. The van der Waals surface area contributed by atoms with E-state index in [9.17, 15) is 0 Å². The molecule has 1 aliphatic heterocycles. The van der Waals surface area contributed by atoms with E-state index in [0.29, 0.717) is 0 Å². The molecule has 0 atom stereocenters. The van der Waals surface area contributed by atoms with Crippen LogP contribution in [-0.2, 0) is 6.54 Å². The largest absolute Gasteiger partial charge is 0.496 e. The quantitative estimate of drug-likeness (QED) is 0.899. The molecule has 19 heavy (non-hydrogen) atoms. The number of benzene rings is 1. The molecule has 1 heterocycles. The molecule has 2 rings (SSSR count).